The molecule has 1 aliphatic rings. The lowest BCUT2D eigenvalue weighted by Gasteiger charge is -2.28. The highest BCUT2D eigenvalue weighted by atomic mass is 35.5. The number of amides is 1. The summed E-state index contributed by atoms with van der Waals surface area (Å²) >= 11 is 0. The summed E-state index contributed by atoms with van der Waals surface area (Å²) in [6.45, 7) is 6.07. The third kappa shape index (κ3) is 6.23. The lowest BCUT2D eigenvalue weighted by molar-refractivity contribution is -0.123. The fraction of sp³-hybridized carbons (Fsp3) is 0.611. The van der Waals surface area contributed by atoms with Gasteiger partial charge >= 0.3 is 0 Å². The van der Waals surface area contributed by atoms with Crippen LogP contribution >= 0.6 is 12.4 Å². The van der Waals surface area contributed by atoms with E-state index in [0.717, 1.165) is 31.5 Å². The molecular weight excluding hydrogens is 374 g/mol. The number of sulfonamides is 1. The minimum absolute atomic E-state index is 0. The van der Waals surface area contributed by atoms with Gasteiger partial charge in [-0.1, -0.05) is 19.1 Å². The van der Waals surface area contributed by atoms with E-state index in [1.54, 1.807) is 18.2 Å². The first-order chi connectivity index (χ1) is 11.8. The van der Waals surface area contributed by atoms with Crippen LogP contribution in [0.3, 0.4) is 0 Å². The van der Waals surface area contributed by atoms with Crippen LogP contribution < -0.4 is 15.4 Å². The molecule has 1 aromatic rings. The monoisotopic (exact) mass is 403 g/mol. The molecule has 1 fully saturated rings. The summed E-state index contributed by atoms with van der Waals surface area (Å²) in [5.41, 5.74) is 0.777. The first-order valence-corrected chi connectivity index (χ1v) is 10.4. The van der Waals surface area contributed by atoms with Crippen molar-refractivity contribution >= 4 is 28.3 Å². The Labute approximate surface area is 163 Å². The van der Waals surface area contributed by atoms with Gasteiger partial charge < -0.3 is 10.6 Å². The second kappa shape index (κ2) is 10.3. The molecule has 2 atom stereocenters. The second-order valence-corrected chi connectivity index (χ2v) is 8.72. The van der Waals surface area contributed by atoms with Gasteiger partial charge in [0.1, 0.15) is 0 Å². The van der Waals surface area contributed by atoms with Gasteiger partial charge in [-0.05, 0) is 69.4 Å². The third-order valence-electron chi connectivity index (χ3n) is 5.01. The number of nitrogens with one attached hydrogen (secondary N) is 3. The van der Waals surface area contributed by atoms with Crippen LogP contribution in [0.4, 0.5) is 0 Å². The lowest BCUT2D eigenvalue weighted by atomic mass is 9.84. The maximum Gasteiger partial charge on any atom is 0.240 e. The zero-order chi connectivity index (χ0) is 18.4. The van der Waals surface area contributed by atoms with Crippen molar-refractivity contribution in [1.82, 2.24) is 15.4 Å². The van der Waals surface area contributed by atoms with Gasteiger partial charge in [0.2, 0.25) is 15.9 Å². The molecule has 0 aromatic heterocycles. The minimum atomic E-state index is -3.48. The van der Waals surface area contributed by atoms with Crippen LogP contribution in [0.2, 0.25) is 0 Å². The second-order valence-electron chi connectivity index (χ2n) is 6.84. The topological polar surface area (TPSA) is 87.3 Å². The molecule has 1 aromatic carbocycles. The molecule has 6 nitrogen and oxygen atoms in total. The van der Waals surface area contributed by atoms with E-state index in [-0.39, 0.29) is 29.3 Å². The molecule has 1 heterocycles. The number of benzene rings is 1. The first-order valence-electron chi connectivity index (χ1n) is 8.87. The molecule has 3 N–H and O–H groups in total. The van der Waals surface area contributed by atoms with Crippen LogP contribution in [0, 0.1) is 11.8 Å². The molecule has 148 valence electrons. The van der Waals surface area contributed by atoms with Gasteiger partial charge in [-0.3, -0.25) is 4.79 Å². The minimum Gasteiger partial charge on any atom is -0.350 e. The zero-order valence-electron chi connectivity index (χ0n) is 15.6. The fourth-order valence-corrected chi connectivity index (χ4v) is 4.11. The molecule has 0 aliphatic carbocycles. The third-order valence-corrected chi connectivity index (χ3v) is 6.42. The van der Waals surface area contributed by atoms with Crippen molar-refractivity contribution in [3.05, 3.63) is 29.8 Å². The number of hydrogen-bond acceptors (Lipinski definition) is 4. The van der Waals surface area contributed by atoms with Gasteiger partial charge in [0.25, 0.3) is 0 Å². The van der Waals surface area contributed by atoms with Gasteiger partial charge in [0, 0.05) is 6.42 Å². The Bertz CT molecular complexity index is 691. The molecule has 1 amide bonds. The van der Waals surface area contributed by atoms with Crippen LogP contribution in [0.25, 0.3) is 0 Å². The molecule has 26 heavy (non-hydrogen) atoms. The highest BCUT2D eigenvalue weighted by molar-refractivity contribution is 7.89. The predicted molar refractivity (Wildman–Crippen MR) is 106 cm³/mol. The van der Waals surface area contributed by atoms with Gasteiger partial charge in [-0.25, -0.2) is 13.1 Å². The van der Waals surface area contributed by atoms with Gasteiger partial charge in [0.05, 0.1) is 10.9 Å². The predicted octanol–water partition coefficient (Wildman–Crippen LogP) is 2.22. The van der Waals surface area contributed by atoms with E-state index in [2.05, 4.69) is 22.3 Å². The van der Waals surface area contributed by atoms with E-state index < -0.39 is 10.0 Å². The number of piperidine rings is 1. The molecule has 0 bridgehead atoms. The van der Waals surface area contributed by atoms with Crippen molar-refractivity contribution in [2.75, 3.05) is 20.1 Å². The summed E-state index contributed by atoms with van der Waals surface area (Å²) < 4.78 is 26.1. The van der Waals surface area contributed by atoms with Crippen molar-refractivity contribution in [3.8, 4) is 0 Å². The van der Waals surface area contributed by atoms with Crippen molar-refractivity contribution in [2.24, 2.45) is 11.8 Å². The average molecular weight is 404 g/mol. The Morgan fingerprint density at radius 2 is 1.92 bits per heavy atom. The molecular formula is C18H30ClN3O3S. The molecule has 0 radical (unpaired) electrons. The molecule has 1 aliphatic heterocycles. The highest BCUT2D eigenvalue weighted by Crippen LogP contribution is 2.25. The number of carbonyl (C=O) groups is 1. The summed E-state index contributed by atoms with van der Waals surface area (Å²) in [4.78, 5) is 12.6. The summed E-state index contributed by atoms with van der Waals surface area (Å²) in [5.74, 6) is 0.956. The number of carbonyl (C=O) groups excluding carboxylic acids is 1. The smallest absolute Gasteiger partial charge is 0.240 e. The van der Waals surface area contributed by atoms with Crippen LogP contribution in [0.15, 0.2) is 29.2 Å². The fourth-order valence-electron chi connectivity index (χ4n) is 3.33. The van der Waals surface area contributed by atoms with E-state index in [4.69, 9.17) is 0 Å². The standard InChI is InChI=1S/C18H29N3O3S.ClH/c1-13(15-7-9-20-10-8-15)11-18(22)21-14(2)16-5-4-6-17(12-16)25(23,24)19-3;/h4-6,12-15,19-20H,7-11H2,1-3H3,(H,21,22);1H. The molecule has 2 rings (SSSR count). The summed E-state index contributed by atoms with van der Waals surface area (Å²) in [6.07, 6.45) is 2.74. The Kier molecular flexibility index (Phi) is 9.03. The van der Waals surface area contributed by atoms with Gasteiger partial charge in [-0.2, -0.15) is 0 Å². The van der Waals surface area contributed by atoms with E-state index >= 15 is 0 Å². The van der Waals surface area contributed by atoms with Gasteiger partial charge in [-0.15, -0.1) is 12.4 Å². The normalized spacial score (nSPS) is 17.8. The highest BCUT2D eigenvalue weighted by Gasteiger charge is 2.23. The maximum atomic E-state index is 12.4. The summed E-state index contributed by atoms with van der Waals surface area (Å²) in [7, 11) is -2.10. The van der Waals surface area contributed by atoms with Crippen molar-refractivity contribution in [1.29, 1.82) is 0 Å². The number of rotatable bonds is 7. The Balaban J connectivity index is 0.00000338. The van der Waals surface area contributed by atoms with Crippen molar-refractivity contribution in [3.63, 3.8) is 0 Å². The van der Waals surface area contributed by atoms with E-state index in [0.29, 0.717) is 18.3 Å². The molecule has 0 saturated carbocycles. The van der Waals surface area contributed by atoms with Crippen LogP contribution in [0.5, 0.6) is 0 Å². The summed E-state index contributed by atoms with van der Waals surface area (Å²) in [6, 6.07) is 6.44. The maximum absolute atomic E-state index is 12.4. The summed E-state index contributed by atoms with van der Waals surface area (Å²) in [5, 5.41) is 6.34. The average Bonchev–Trinajstić information content (AvgIpc) is 2.62. The Hall–Kier alpha value is -1.15. The first kappa shape index (κ1) is 22.9. The van der Waals surface area contributed by atoms with Gasteiger partial charge in [0.15, 0.2) is 0 Å². The zero-order valence-corrected chi connectivity index (χ0v) is 17.3. The van der Waals surface area contributed by atoms with Crippen molar-refractivity contribution in [2.45, 2.75) is 44.0 Å². The van der Waals surface area contributed by atoms with Crippen molar-refractivity contribution < 1.29 is 13.2 Å². The van der Waals surface area contributed by atoms with E-state index in [1.807, 2.05) is 13.0 Å². The SMILES string of the molecule is CNS(=O)(=O)c1cccc(C(C)NC(=O)CC(C)C2CCNCC2)c1.Cl. The number of halogens is 1. The molecule has 8 heteroatoms. The molecule has 2 unspecified atom stereocenters. The van der Waals surface area contributed by atoms with Crippen LogP contribution in [-0.2, 0) is 14.8 Å². The van der Waals surface area contributed by atoms with E-state index in [1.165, 1.54) is 7.05 Å². The Morgan fingerprint density at radius 3 is 2.54 bits per heavy atom. The van der Waals surface area contributed by atoms with E-state index in [9.17, 15) is 13.2 Å². The van der Waals surface area contributed by atoms with Crippen LogP contribution in [0.1, 0.15) is 44.7 Å². The lowest BCUT2D eigenvalue weighted by Crippen LogP contribution is -2.34. The van der Waals surface area contributed by atoms with Crippen LogP contribution in [-0.4, -0.2) is 34.5 Å². The molecule has 0 spiro atoms. The molecule has 1 saturated heterocycles. The Morgan fingerprint density at radius 1 is 1.27 bits per heavy atom. The largest absolute Gasteiger partial charge is 0.350 e. The quantitative estimate of drug-likeness (QED) is 0.651. The number of hydrogen-bond donors (Lipinski definition) is 3.